The Bertz CT molecular complexity index is 2960. The van der Waals surface area contributed by atoms with Crippen LogP contribution in [0.1, 0.15) is 0 Å². The van der Waals surface area contributed by atoms with Crippen molar-refractivity contribution in [2.75, 3.05) is 0 Å². The Morgan fingerprint density at radius 1 is 0.465 bits per heavy atom. The van der Waals surface area contributed by atoms with E-state index in [0.717, 1.165) is 93.6 Å². The van der Waals surface area contributed by atoms with Crippen molar-refractivity contribution in [1.82, 2.24) is 14.4 Å². The van der Waals surface area contributed by atoms with Crippen LogP contribution in [0.5, 0.6) is 0 Å². The molecule has 0 radical (unpaired) electrons. The molecule has 11 rings (SSSR count). The standard InChI is InChI=1S/C38H19N3O2/c1-4-10-29-23(8-1)35-34-24-9-3-6-12-31(24)43-33(34)19-26-36-38(41(29)37(26)35)40-28-18-21(13-15-27(28)39-36)20-14-16-32-25(17-20)22-7-2-5-11-30(22)42-32/h1-19H. The average Bonchev–Trinajstić information content (AvgIpc) is 3.79. The lowest BCUT2D eigenvalue weighted by molar-refractivity contribution is 0.669. The summed E-state index contributed by atoms with van der Waals surface area (Å²) in [5.41, 5.74) is 11.5. The Hall–Kier alpha value is -5.94. The van der Waals surface area contributed by atoms with Crippen LogP contribution in [-0.4, -0.2) is 14.4 Å². The number of rotatable bonds is 1. The summed E-state index contributed by atoms with van der Waals surface area (Å²) in [6.45, 7) is 0. The minimum atomic E-state index is 0.860. The van der Waals surface area contributed by atoms with Crippen LogP contribution in [0, 0.1) is 0 Å². The summed E-state index contributed by atoms with van der Waals surface area (Å²) in [4.78, 5) is 10.5. The van der Waals surface area contributed by atoms with E-state index in [-0.39, 0.29) is 0 Å². The van der Waals surface area contributed by atoms with Gasteiger partial charge >= 0.3 is 0 Å². The highest BCUT2D eigenvalue weighted by molar-refractivity contribution is 6.34. The van der Waals surface area contributed by atoms with Gasteiger partial charge in [0.1, 0.15) is 27.8 Å². The van der Waals surface area contributed by atoms with E-state index < -0.39 is 0 Å². The minimum absolute atomic E-state index is 0.860. The Labute approximate surface area is 242 Å². The first kappa shape index (κ1) is 21.8. The molecule has 0 atom stereocenters. The van der Waals surface area contributed by atoms with Crippen LogP contribution in [0.25, 0.3) is 104 Å². The Kier molecular flexibility index (Phi) is 3.78. The quantitative estimate of drug-likeness (QED) is 0.204. The molecule has 0 aliphatic carbocycles. The van der Waals surface area contributed by atoms with Gasteiger partial charge in [-0.25, -0.2) is 9.97 Å². The predicted octanol–water partition coefficient (Wildman–Crippen LogP) is 10.2. The Morgan fingerprint density at radius 3 is 2.07 bits per heavy atom. The van der Waals surface area contributed by atoms with Crippen molar-refractivity contribution in [3.8, 4) is 11.1 Å². The average molecular weight is 550 g/mol. The summed E-state index contributed by atoms with van der Waals surface area (Å²) < 4.78 is 14.8. The van der Waals surface area contributed by atoms with E-state index >= 15 is 0 Å². The van der Waals surface area contributed by atoms with E-state index in [1.165, 1.54) is 10.8 Å². The SMILES string of the molecule is c1ccc2c(c1)oc1ccc(-c3ccc4nc5c6cc7oc8ccccc8c7c7c8ccccc8n(c5nc4c3)c67)cc12. The van der Waals surface area contributed by atoms with Crippen LogP contribution < -0.4 is 0 Å². The van der Waals surface area contributed by atoms with E-state index in [0.29, 0.717) is 0 Å². The zero-order valence-electron chi connectivity index (χ0n) is 22.6. The summed E-state index contributed by atoms with van der Waals surface area (Å²) in [6.07, 6.45) is 0. The topological polar surface area (TPSA) is 56.5 Å². The molecular formula is C38H19N3O2. The highest BCUT2D eigenvalue weighted by Crippen LogP contribution is 2.45. The maximum absolute atomic E-state index is 6.40. The van der Waals surface area contributed by atoms with Crippen molar-refractivity contribution in [1.29, 1.82) is 0 Å². The van der Waals surface area contributed by atoms with E-state index in [4.69, 9.17) is 18.8 Å². The van der Waals surface area contributed by atoms with Gasteiger partial charge in [-0.2, -0.15) is 0 Å². The van der Waals surface area contributed by atoms with E-state index in [2.05, 4.69) is 95.4 Å². The lowest BCUT2D eigenvalue weighted by Crippen LogP contribution is -1.90. The number of aromatic nitrogens is 3. The minimum Gasteiger partial charge on any atom is -0.456 e. The molecule has 0 spiro atoms. The van der Waals surface area contributed by atoms with Gasteiger partial charge < -0.3 is 8.83 Å². The summed E-state index contributed by atoms with van der Waals surface area (Å²) in [7, 11) is 0. The number of benzene rings is 6. The molecular weight excluding hydrogens is 530 g/mol. The zero-order chi connectivity index (χ0) is 27.8. The molecule has 11 aromatic rings. The van der Waals surface area contributed by atoms with Crippen LogP contribution in [0.4, 0.5) is 0 Å². The van der Waals surface area contributed by atoms with Gasteiger partial charge in [0.15, 0.2) is 5.65 Å². The summed E-state index contributed by atoms with van der Waals surface area (Å²) >= 11 is 0. The van der Waals surface area contributed by atoms with Gasteiger partial charge in [-0.1, -0.05) is 66.7 Å². The van der Waals surface area contributed by atoms with Gasteiger partial charge in [-0.05, 0) is 59.7 Å². The number of fused-ring (bicyclic) bond motifs is 14. The molecule has 0 amide bonds. The van der Waals surface area contributed by atoms with Gasteiger partial charge in [0.25, 0.3) is 0 Å². The second kappa shape index (κ2) is 7.46. The van der Waals surface area contributed by atoms with Crippen molar-refractivity contribution in [3.63, 3.8) is 0 Å². The number of furan rings is 2. The molecule has 198 valence electrons. The van der Waals surface area contributed by atoms with E-state index in [1.54, 1.807) is 0 Å². The third kappa shape index (κ3) is 2.67. The maximum Gasteiger partial charge on any atom is 0.165 e. The molecule has 0 fully saturated rings. The van der Waals surface area contributed by atoms with Gasteiger partial charge in [0.2, 0.25) is 0 Å². The molecule has 0 saturated carbocycles. The molecule has 0 aliphatic rings. The van der Waals surface area contributed by atoms with Crippen LogP contribution >= 0.6 is 0 Å². The molecule has 5 heterocycles. The zero-order valence-corrected chi connectivity index (χ0v) is 22.6. The molecule has 0 bridgehead atoms. The molecule has 0 saturated heterocycles. The molecule has 5 nitrogen and oxygen atoms in total. The maximum atomic E-state index is 6.40. The molecule has 5 heteroatoms. The summed E-state index contributed by atoms with van der Waals surface area (Å²) in [6, 6.07) is 39.9. The van der Waals surface area contributed by atoms with Gasteiger partial charge in [0.05, 0.1) is 22.1 Å². The number of para-hydroxylation sites is 3. The van der Waals surface area contributed by atoms with Crippen molar-refractivity contribution in [2.24, 2.45) is 0 Å². The van der Waals surface area contributed by atoms with Crippen molar-refractivity contribution in [3.05, 3.63) is 115 Å². The Morgan fingerprint density at radius 2 is 1.16 bits per heavy atom. The first-order valence-electron chi connectivity index (χ1n) is 14.4. The second-order valence-corrected chi connectivity index (χ2v) is 11.4. The van der Waals surface area contributed by atoms with Crippen LogP contribution in [0.15, 0.2) is 124 Å². The van der Waals surface area contributed by atoms with Crippen molar-refractivity contribution >= 4 is 93.3 Å². The third-order valence-electron chi connectivity index (χ3n) is 9.10. The van der Waals surface area contributed by atoms with Crippen molar-refractivity contribution < 1.29 is 8.83 Å². The Balaban J connectivity index is 1.23. The van der Waals surface area contributed by atoms with E-state index in [9.17, 15) is 0 Å². The first-order chi connectivity index (χ1) is 21.3. The van der Waals surface area contributed by atoms with Crippen LogP contribution in [-0.2, 0) is 0 Å². The predicted molar refractivity (Wildman–Crippen MR) is 174 cm³/mol. The fourth-order valence-electron chi connectivity index (χ4n) is 7.24. The second-order valence-electron chi connectivity index (χ2n) is 11.4. The molecule has 0 unspecified atom stereocenters. The van der Waals surface area contributed by atoms with Gasteiger partial charge in [0, 0.05) is 37.7 Å². The fraction of sp³-hybridized carbons (Fsp3) is 0. The smallest absolute Gasteiger partial charge is 0.165 e. The molecule has 0 aliphatic heterocycles. The summed E-state index contributed by atoms with van der Waals surface area (Å²) in [5, 5.41) is 7.95. The molecule has 0 N–H and O–H groups in total. The lowest BCUT2D eigenvalue weighted by Gasteiger charge is -2.05. The van der Waals surface area contributed by atoms with Gasteiger partial charge in [-0.15, -0.1) is 0 Å². The van der Waals surface area contributed by atoms with Crippen LogP contribution in [0.3, 0.4) is 0 Å². The molecule has 43 heavy (non-hydrogen) atoms. The number of hydrogen-bond acceptors (Lipinski definition) is 4. The third-order valence-corrected chi connectivity index (χ3v) is 9.10. The number of hydrogen-bond donors (Lipinski definition) is 0. The molecule has 6 aromatic carbocycles. The lowest BCUT2D eigenvalue weighted by atomic mass is 10.0. The summed E-state index contributed by atoms with van der Waals surface area (Å²) in [5.74, 6) is 0. The molecule has 5 aromatic heterocycles. The largest absolute Gasteiger partial charge is 0.456 e. The van der Waals surface area contributed by atoms with Crippen LogP contribution in [0.2, 0.25) is 0 Å². The monoisotopic (exact) mass is 549 g/mol. The number of nitrogens with zero attached hydrogens (tertiary/aromatic N) is 3. The van der Waals surface area contributed by atoms with Crippen molar-refractivity contribution in [2.45, 2.75) is 0 Å². The normalized spacial score (nSPS) is 12.7. The highest BCUT2D eigenvalue weighted by Gasteiger charge is 2.24. The first-order valence-corrected chi connectivity index (χ1v) is 14.4. The fourth-order valence-corrected chi connectivity index (χ4v) is 7.24. The van der Waals surface area contributed by atoms with E-state index in [1.807, 2.05) is 24.3 Å². The van der Waals surface area contributed by atoms with Gasteiger partial charge in [-0.3, -0.25) is 4.40 Å². The highest BCUT2D eigenvalue weighted by atomic mass is 16.3.